The van der Waals surface area contributed by atoms with Crippen LogP contribution >= 0.6 is 15.9 Å². The Balaban J connectivity index is 2.50. The highest BCUT2D eigenvalue weighted by atomic mass is 79.9. The third-order valence-corrected chi connectivity index (χ3v) is 5.51. The number of hydrogen-bond donors (Lipinski definition) is 0. The number of benzene rings is 1. The number of alkyl halides is 1. The van der Waals surface area contributed by atoms with Crippen LogP contribution in [0.2, 0.25) is 0 Å². The van der Waals surface area contributed by atoms with Crippen LogP contribution < -0.4 is 0 Å². The summed E-state index contributed by atoms with van der Waals surface area (Å²) in [6.07, 6.45) is 5.50. The zero-order valence-electron chi connectivity index (χ0n) is 12.6. The van der Waals surface area contributed by atoms with Crippen LogP contribution in [0.1, 0.15) is 68.5 Å². The van der Waals surface area contributed by atoms with Crippen molar-refractivity contribution in [2.75, 3.05) is 0 Å². The Labute approximate surface area is 126 Å². The van der Waals surface area contributed by atoms with E-state index in [9.17, 15) is 0 Å². The molecule has 0 fully saturated rings. The Bertz CT molecular complexity index is 482. The van der Waals surface area contributed by atoms with Gasteiger partial charge in [-0.25, -0.2) is 0 Å². The minimum absolute atomic E-state index is 0.293. The van der Waals surface area contributed by atoms with Gasteiger partial charge in [-0.1, -0.05) is 67.9 Å². The average molecular weight is 321 g/mol. The molecule has 1 aromatic rings. The van der Waals surface area contributed by atoms with Gasteiger partial charge in [-0.2, -0.15) is 0 Å². The van der Waals surface area contributed by atoms with E-state index in [2.05, 4.69) is 68.4 Å². The van der Waals surface area contributed by atoms with Crippen LogP contribution in [0, 0.1) is 0 Å². The average Bonchev–Trinajstić information content (AvgIpc) is 2.35. The zero-order chi connectivity index (χ0) is 14.3. The number of rotatable bonds is 3. The number of hydrogen-bond acceptors (Lipinski definition) is 0. The second-order valence-corrected chi connectivity index (χ2v) is 8.17. The van der Waals surface area contributed by atoms with E-state index in [-0.39, 0.29) is 0 Å². The second-order valence-electron chi connectivity index (χ2n) is 7.06. The van der Waals surface area contributed by atoms with Crippen LogP contribution in [0.4, 0.5) is 0 Å². The molecule has 1 unspecified atom stereocenters. The Morgan fingerprint density at radius 3 is 2.32 bits per heavy atom. The molecular formula is C18H25Br. The lowest BCUT2D eigenvalue weighted by Crippen LogP contribution is -2.33. The maximum Gasteiger partial charge on any atom is 0.0429 e. The molecule has 104 valence electrons. The molecule has 1 aliphatic carbocycles. The fraction of sp³-hybridized carbons (Fsp3) is 0.556. The summed E-state index contributed by atoms with van der Waals surface area (Å²) in [5.74, 6) is 0. The van der Waals surface area contributed by atoms with Gasteiger partial charge in [0.2, 0.25) is 0 Å². The quantitative estimate of drug-likeness (QED) is 0.470. The zero-order valence-corrected chi connectivity index (χ0v) is 14.2. The molecule has 0 aromatic heterocycles. The van der Waals surface area contributed by atoms with E-state index in [4.69, 9.17) is 0 Å². The van der Waals surface area contributed by atoms with E-state index in [1.165, 1.54) is 29.5 Å². The highest BCUT2D eigenvalue weighted by Gasteiger charge is 2.37. The second kappa shape index (κ2) is 5.09. The SMILES string of the molecule is C=CCC(Br)c1ccc2c(c1)C(C)(C)CCC2(C)C. The molecule has 1 aromatic carbocycles. The topological polar surface area (TPSA) is 0 Å². The van der Waals surface area contributed by atoms with Crippen LogP contribution in [0.15, 0.2) is 30.9 Å². The summed E-state index contributed by atoms with van der Waals surface area (Å²) >= 11 is 3.77. The lowest BCUT2D eigenvalue weighted by atomic mass is 9.63. The molecule has 0 nitrogen and oxygen atoms in total. The van der Waals surface area contributed by atoms with Gasteiger partial charge < -0.3 is 0 Å². The molecule has 0 spiro atoms. The van der Waals surface area contributed by atoms with E-state index in [0.29, 0.717) is 15.7 Å². The first-order valence-electron chi connectivity index (χ1n) is 7.18. The monoisotopic (exact) mass is 320 g/mol. The molecule has 0 heterocycles. The molecule has 1 heteroatoms. The van der Waals surface area contributed by atoms with Gasteiger partial charge in [-0.05, 0) is 46.8 Å². The van der Waals surface area contributed by atoms with Crippen LogP contribution in [0.25, 0.3) is 0 Å². The molecule has 0 amide bonds. The van der Waals surface area contributed by atoms with E-state index >= 15 is 0 Å². The Hall–Kier alpha value is -0.560. The summed E-state index contributed by atoms with van der Waals surface area (Å²) < 4.78 is 0. The van der Waals surface area contributed by atoms with Gasteiger partial charge in [-0.3, -0.25) is 0 Å². The van der Waals surface area contributed by atoms with Gasteiger partial charge in [0.15, 0.2) is 0 Å². The van der Waals surface area contributed by atoms with Crippen LogP contribution in [-0.2, 0) is 10.8 Å². The van der Waals surface area contributed by atoms with Crippen LogP contribution in [0.3, 0.4) is 0 Å². The minimum Gasteiger partial charge on any atom is -0.103 e. The van der Waals surface area contributed by atoms with E-state index in [1.54, 1.807) is 0 Å². The summed E-state index contributed by atoms with van der Waals surface area (Å²) in [6, 6.07) is 7.05. The van der Waals surface area contributed by atoms with Crippen molar-refractivity contribution in [1.82, 2.24) is 0 Å². The summed E-state index contributed by atoms with van der Waals surface area (Å²) in [6.45, 7) is 13.3. The van der Waals surface area contributed by atoms with Crippen molar-refractivity contribution in [1.29, 1.82) is 0 Å². The van der Waals surface area contributed by atoms with Crippen molar-refractivity contribution in [3.05, 3.63) is 47.5 Å². The van der Waals surface area contributed by atoms with Gasteiger partial charge in [-0.15, -0.1) is 6.58 Å². The maximum absolute atomic E-state index is 3.84. The van der Waals surface area contributed by atoms with Crippen LogP contribution in [-0.4, -0.2) is 0 Å². The summed E-state index contributed by atoms with van der Waals surface area (Å²) in [7, 11) is 0. The Morgan fingerprint density at radius 1 is 1.16 bits per heavy atom. The molecule has 0 saturated heterocycles. The third kappa shape index (κ3) is 2.81. The lowest BCUT2D eigenvalue weighted by molar-refractivity contribution is 0.331. The number of halogens is 1. The van der Waals surface area contributed by atoms with Crippen molar-refractivity contribution in [2.45, 2.75) is 62.6 Å². The Kier molecular flexibility index (Phi) is 3.97. The van der Waals surface area contributed by atoms with Crippen LogP contribution in [0.5, 0.6) is 0 Å². The first kappa shape index (κ1) is 14.8. The molecule has 0 N–H and O–H groups in total. The summed E-state index contributed by atoms with van der Waals surface area (Å²) in [4.78, 5) is 0.385. The number of fused-ring (bicyclic) bond motifs is 1. The molecular weight excluding hydrogens is 296 g/mol. The van der Waals surface area contributed by atoms with Crippen molar-refractivity contribution in [2.24, 2.45) is 0 Å². The van der Waals surface area contributed by atoms with Crippen molar-refractivity contribution in [3.8, 4) is 0 Å². The summed E-state index contributed by atoms with van der Waals surface area (Å²) in [5, 5.41) is 0. The number of allylic oxidation sites excluding steroid dienone is 1. The first-order chi connectivity index (χ1) is 8.78. The standard InChI is InChI=1S/C18H25Br/c1-6-7-16(19)13-8-9-14-15(12-13)18(4,5)11-10-17(14,2)3/h6,8-9,12,16H,1,7,10-11H2,2-5H3. The van der Waals surface area contributed by atoms with E-state index in [1.807, 2.05) is 6.08 Å². The highest BCUT2D eigenvalue weighted by molar-refractivity contribution is 9.09. The molecule has 0 radical (unpaired) electrons. The minimum atomic E-state index is 0.293. The molecule has 2 rings (SSSR count). The van der Waals surface area contributed by atoms with Gasteiger partial charge in [0.25, 0.3) is 0 Å². The van der Waals surface area contributed by atoms with E-state index < -0.39 is 0 Å². The fourth-order valence-corrected chi connectivity index (χ4v) is 3.63. The normalized spacial score (nSPS) is 21.5. The van der Waals surface area contributed by atoms with Crippen molar-refractivity contribution < 1.29 is 0 Å². The molecule has 0 aliphatic heterocycles. The lowest BCUT2D eigenvalue weighted by Gasteiger charge is -2.42. The van der Waals surface area contributed by atoms with E-state index in [0.717, 1.165) is 6.42 Å². The van der Waals surface area contributed by atoms with Crippen molar-refractivity contribution in [3.63, 3.8) is 0 Å². The van der Waals surface area contributed by atoms with Gasteiger partial charge in [0, 0.05) is 4.83 Å². The third-order valence-electron chi connectivity index (χ3n) is 4.61. The molecule has 1 atom stereocenters. The largest absolute Gasteiger partial charge is 0.103 e. The fourth-order valence-electron chi connectivity index (χ4n) is 3.08. The van der Waals surface area contributed by atoms with Gasteiger partial charge in [0.1, 0.15) is 0 Å². The maximum atomic E-state index is 3.84. The highest BCUT2D eigenvalue weighted by Crippen LogP contribution is 2.46. The molecule has 0 bridgehead atoms. The predicted octanol–water partition coefficient (Wildman–Crippen LogP) is 6.05. The van der Waals surface area contributed by atoms with Gasteiger partial charge >= 0.3 is 0 Å². The molecule has 1 aliphatic rings. The van der Waals surface area contributed by atoms with Gasteiger partial charge in [0.05, 0.1) is 0 Å². The Morgan fingerprint density at radius 2 is 1.74 bits per heavy atom. The summed E-state index contributed by atoms with van der Waals surface area (Å²) in [5.41, 5.74) is 5.05. The van der Waals surface area contributed by atoms with Crippen molar-refractivity contribution >= 4 is 15.9 Å². The molecule has 0 saturated carbocycles. The smallest absolute Gasteiger partial charge is 0.0429 e. The molecule has 19 heavy (non-hydrogen) atoms. The predicted molar refractivity (Wildman–Crippen MR) is 88.2 cm³/mol. The first-order valence-corrected chi connectivity index (χ1v) is 8.09.